The SMILES string of the molecule is CC(C)Oc1nc(Cl)nc(N2CCN(C)CC2C)n1. The van der Waals surface area contributed by atoms with Crippen LogP contribution in [0.25, 0.3) is 0 Å². The number of hydrogen-bond donors (Lipinski definition) is 0. The third-order valence-electron chi connectivity index (χ3n) is 3.00. The van der Waals surface area contributed by atoms with Crippen molar-refractivity contribution in [3.05, 3.63) is 5.28 Å². The molecule has 0 amide bonds. The molecule has 0 saturated carbocycles. The summed E-state index contributed by atoms with van der Waals surface area (Å²) in [5.41, 5.74) is 0. The van der Waals surface area contributed by atoms with Crippen molar-refractivity contribution in [3.8, 4) is 6.01 Å². The Labute approximate surface area is 118 Å². The Hall–Kier alpha value is -1.14. The monoisotopic (exact) mass is 285 g/mol. The predicted molar refractivity (Wildman–Crippen MR) is 74.9 cm³/mol. The molecule has 0 aromatic carbocycles. The zero-order valence-electron chi connectivity index (χ0n) is 11.8. The van der Waals surface area contributed by atoms with Crippen molar-refractivity contribution in [1.29, 1.82) is 0 Å². The number of rotatable bonds is 3. The lowest BCUT2D eigenvalue weighted by Crippen LogP contribution is -2.51. The predicted octanol–water partition coefficient (Wildman–Crippen LogP) is 1.45. The molecule has 1 aromatic heterocycles. The number of nitrogens with zero attached hydrogens (tertiary/aromatic N) is 5. The Kier molecular flexibility index (Phi) is 4.42. The van der Waals surface area contributed by atoms with Crippen molar-refractivity contribution < 1.29 is 4.74 Å². The summed E-state index contributed by atoms with van der Waals surface area (Å²) >= 11 is 5.95. The van der Waals surface area contributed by atoms with Gasteiger partial charge in [0.15, 0.2) is 0 Å². The van der Waals surface area contributed by atoms with Gasteiger partial charge in [0.1, 0.15) is 0 Å². The van der Waals surface area contributed by atoms with Crippen LogP contribution in [0.2, 0.25) is 5.28 Å². The van der Waals surface area contributed by atoms with E-state index in [9.17, 15) is 0 Å². The molecule has 2 rings (SSSR count). The van der Waals surface area contributed by atoms with Crippen molar-refractivity contribution >= 4 is 17.5 Å². The molecule has 1 aliphatic rings. The number of halogens is 1. The summed E-state index contributed by atoms with van der Waals surface area (Å²) in [5.74, 6) is 0.594. The highest BCUT2D eigenvalue weighted by molar-refractivity contribution is 6.28. The van der Waals surface area contributed by atoms with Crippen molar-refractivity contribution in [3.63, 3.8) is 0 Å². The molecule has 2 heterocycles. The highest BCUT2D eigenvalue weighted by atomic mass is 35.5. The van der Waals surface area contributed by atoms with E-state index in [1.807, 2.05) is 13.8 Å². The fraction of sp³-hybridized carbons (Fsp3) is 0.750. The number of ether oxygens (including phenoxy) is 1. The summed E-state index contributed by atoms with van der Waals surface area (Å²) in [6.45, 7) is 8.83. The average Bonchev–Trinajstić information content (AvgIpc) is 2.26. The van der Waals surface area contributed by atoms with E-state index < -0.39 is 0 Å². The quantitative estimate of drug-likeness (QED) is 0.838. The first-order valence-electron chi connectivity index (χ1n) is 6.49. The van der Waals surface area contributed by atoms with Crippen LogP contribution in [0.4, 0.5) is 5.95 Å². The topological polar surface area (TPSA) is 54.4 Å². The lowest BCUT2D eigenvalue weighted by atomic mass is 10.2. The van der Waals surface area contributed by atoms with Gasteiger partial charge in [-0.1, -0.05) is 0 Å². The molecule has 0 radical (unpaired) electrons. The van der Waals surface area contributed by atoms with Crippen LogP contribution >= 0.6 is 11.6 Å². The number of hydrogen-bond acceptors (Lipinski definition) is 6. The average molecular weight is 286 g/mol. The Morgan fingerprint density at radius 3 is 2.63 bits per heavy atom. The Morgan fingerprint density at radius 1 is 1.26 bits per heavy atom. The third kappa shape index (κ3) is 3.67. The maximum absolute atomic E-state index is 5.95. The van der Waals surface area contributed by atoms with Crippen LogP contribution in [0.5, 0.6) is 6.01 Å². The smallest absolute Gasteiger partial charge is 0.322 e. The second kappa shape index (κ2) is 5.88. The minimum absolute atomic E-state index is 0.0104. The van der Waals surface area contributed by atoms with E-state index in [4.69, 9.17) is 16.3 Å². The molecule has 7 heteroatoms. The minimum atomic E-state index is 0.0104. The molecule has 0 N–H and O–H groups in total. The molecule has 106 valence electrons. The number of piperazine rings is 1. The fourth-order valence-electron chi connectivity index (χ4n) is 2.15. The van der Waals surface area contributed by atoms with Gasteiger partial charge in [-0.05, 0) is 39.4 Å². The first-order valence-corrected chi connectivity index (χ1v) is 6.87. The van der Waals surface area contributed by atoms with E-state index in [0.29, 0.717) is 12.0 Å². The van der Waals surface area contributed by atoms with Crippen LogP contribution in [-0.2, 0) is 0 Å². The van der Waals surface area contributed by atoms with Gasteiger partial charge in [0.05, 0.1) is 6.10 Å². The Balaban J connectivity index is 2.21. The molecular formula is C12H20ClN5O. The van der Waals surface area contributed by atoms with Crippen LogP contribution in [0.15, 0.2) is 0 Å². The maximum atomic E-state index is 5.95. The van der Waals surface area contributed by atoms with Gasteiger partial charge in [-0.15, -0.1) is 0 Å². The van der Waals surface area contributed by atoms with Gasteiger partial charge < -0.3 is 14.5 Å². The second-order valence-electron chi connectivity index (χ2n) is 5.16. The summed E-state index contributed by atoms with van der Waals surface area (Å²) in [6, 6.07) is 0.625. The number of anilines is 1. The third-order valence-corrected chi connectivity index (χ3v) is 3.17. The highest BCUT2D eigenvalue weighted by Gasteiger charge is 2.24. The number of aromatic nitrogens is 3. The molecule has 1 aromatic rings. The van der Waals surface area contributed by atoms with E-state index in [-0.39, 0.29) is 17.4 Å². The molecule has 1 saturated heterocycles. The summed E-state index contributed by atoms with van der Waals surface area (Å²) in [6.07, 6.45) is 0.0104. The van der Waals surface area contributed by atoms with Gasteiger partial charge in [-0.3, -0.25) is 0 Å². The van der Waals surface area contributed by atoms with Crippen LogP contribution in [0, 0.1) is 0 Å². The summed E-state index contributed by atoms with van der Waals surface area (Å²) in [5, 5.41) is 0.173. The van der Waals surface area contributed by atoms with E-state index in [1.54, 1.807) is 0 Å². The van der Waals surface area contributed by atoms with Gasteiger partial charge in [-0.2, -0.15) is 15.0 Å². The minimum Gasteiger partial charge on any atom is -0.461 e. The van der Waals surface area contributed by atoms with Gasteiger partial charge in [0.25, 0.3) is 0 Å². The fourth-order valence-corrected chi connectivity index (χ4v) is 2.30. The van der Waals surface area contributed by atoms with E-state index >= 15 is 0 Å². The van der Waals surface area contributed by atoms with Crippen LogP contribution < -0.4 is 9.64 Å². The van der Waals surface area contributed by atoms with E-state index in [1.165, 1.54) is 0 Å². The zero-order chi connectivity index (χ0) is 14.0. The molecule has 0 spiro atoms. The van der Waals surface area contributed by atoms with Crippen LogP contribution in [0.1, 0.15) is 20.8 Å². The summed E-state index contributed by atoms with van der Waals surface area (Å²) in [7, 11) is 2.11. The van der Waals surface area contributed by atoms with Crippen molar-refractivity contribution in [2.45, 2.75) is 32.9 Å². The van der Waals surface area contributed by atoms with Crippen LogP contribution in [-0.4, -0.2) is 58.7 Å². The lowest BCUT2D eigenvalue weighted by Gasteiger charge is -2.38. The van der Waals surface area contributed by atoms with Gasteiger partial charge >= 0.3 is 6.01 Å². The first kappa shape index (κ1) is 14.3. The molecule has 1 atom stereocenters. The largest absolute Gasteiger partial charge is 0.461 e. The summed E-state index contributed by atoms with van der Waals surface area (Å²) in [4.78, 5) is 17.0. The molecule has 0 bridgehead atoms. The molecule has 1 unspecified atom stereocenters. The standard InChI is InChI=1S/C12H20ClN5O/c1-8(2)19-12-15-10(13)14-11(16-12)18-6-5-17(4)7-9(18)3/h8-9H,5-7H2,1-4H3. The van der Waals surface area contributed by atoms with Crippen molar-refractivity contribution in [2.75, 3.05) is 31.6 Å². The molecule has 1 aliphatic heterocycles. The van der Waals surface area contributed by atoms with E-state index in [0.717, 1.165) is 19.6 Å². The molecule has 19 heavy (non-hydrogen) atoms. The van der Waals surface area contributed by atoms with Gasteiger partial charge in [0, 0.05) is 25.7 Å². The van der Waals surface area contributed by atoms with Crippen LogP contribution in [0.3, 0.4) is 0 Å². The highest BCUT2D eigenvalue weighted by Crippen LogP contribution is 2.20. The number of likely N-dealkylation sites (N-methyl/N-ethyl adjacent to an activating group) is 1. The Morgan fingerprint density at radius 2 is 2.00 bits per heavy atom. The molecular weight excluding hydrogens is 266 g/mol. The molecule has 6 nitrogen and oxygen atoms in total. The first-order chi connectivity index (χ1) is 8.95. The maximum Gasteiger partial charge on any atom is 0.322 e. The Bertz CT molecular complexity index is 442. The molecule has 1 fully saturated rings. The van der Waals surface area contributed by atoms with Gasteiger partial charge in [-0.25, -0.2) is 0 Å². The van der Waals surface area contributed by atoms with Gasteiger partial charge in [0.2, 0.25) is 11.2 Å². The van der Waals surface area contributed by atoms with Crippen molar-refractivity contribution in [2.24, 2.45) is 0 Å². The summed E-state index contributed by atoms with van der Waals surface area (Å²) < 4.78 is 5.50. The lowest BCUT2D eigenvalue weighted by molar-refractivity contribution is 0.220. The normalized spacial score (nSPS) is 20.9. The van der Waals surface area contributed by atoms with E-state index in [2.05, 4.69) is 38.7 Å². The second-order valence-corrected chi connectivity index (χ2v) is 5.50. The van der Waals surface area contributed by atoms with Crippen molar-refractivity contribution in [1.82, 2.24) is 19.9 Å². The zero-order valence-corrected chi connectivity index (χ0v) is 12.6. The molecule has 0 aliphatic carbocycles.